The summed E-state index contributed by atoms with van der Waals surface area (Å²) in [6.45, 7) is 3.14. The zero-order valence-electron chi connectivity index (χ0n) is 23.8. The normalized spacial score (nSPS) is 20.3. The van der Waals surface area contributed by atoms with Crippen LogP contribution in [-0.2, 0) is 24.4 Å². The molecule has 0 spiro atoms. The van der Waals surface area contributed by atoms with E-state index in [1.807, 2.05) is 36.4 Å². The second-order valence-electron chi connectivity index (χ2n) is 10.1. The Bertz CT molecular complexity index is 1450. The van der Waals surface area contributed by atoms with Gasteiger partial charge in [0.15, 0.2) is 6.23 Å². The van der Waals surface area contributed by atoms with E-state index in [1.165, 1.54) is 15.8 Å². The Morgan fingerprint density at radius 2 is 1.69 bits per heavy atom. The highest BCUT2D eigenvalue weighted by atomic mass is 16.5. The van der Waals surface area contributed by atoms with E-state index in [9.17, 15) is 15.3 Å². The summed E-state index contributed by atoms with van der Waals surface area (Å²) in [4.78, 5) is 0. The third-order valence-electron chi connectivity index (χ3n) is 7.41. The molecular formula is C31H36N4O7. The minimum atomic E-state index is -1.33. The molecule has 1 fully saturated rings. The Balaban J connectivity index is 1.23. The van der Waals surface area contributed by atoms with Crippen molar-refractivity contribution in [3.05, 3.63) is 89.2 Å². The molecule has 42 heavy (non-hydrogen) atoms. The van der Waals surface area contributed by atoms with Gasteiger partial charge >= 0.3 is 0 Å². The molecular weight excluding hydrogens is 540 g/mol. The standard InChI is InChI=1S/C31H36N4O7/c1-19-21(10-7-11-24(19)20-8-5-4-6-9-20)17-41-23-12-27(39-2)25(28(13-23)40-3)15-32-14-22-16-35(34-33-22)31-30(38)29(37)26(36)18-42-31/h4-13,16,26,29-32,36-38H,14-15,17-18H2,1-3H3/t26-,29-,30-,31-/m1/s1. The van der Waals surface area contributed by atoms with Crippen molar-refractivity contribution in [1.82, 2.24) is 20.3 Å². The van der Waals surface area contributed by atoms with Gasteiger partial charge in [-0.05, 0) is 29.2 Å². The van der Waals surface area contributed by atoms with Crippen LogP contribution in [0, 0.1) is 6.92 Å². The molecule has 4 N–H and O–H groups in total. The summed E-state index contributed by atoms with van der Waals surface area (Å²) in [5.74, 6) is 1.85. The highest BCUT2D eigenvalue weighted by Crippen LogP contribution is 2.35. The maximum Gasteiger partial charge on any atom is 0.180 e. The smallest absolute Gasteiger partial charge is 0.180 e. The van der Waals surface area contributed by atoms with E-state index >= 15 is 0 Å². The zero-order chi connectivity index (χ0) is 29.6. The van der Waals surface area contributed by atoms with Crippen LogP contribution in [0.15, 0.2) is 66.9 Å². The van der Waals surface area contributed by atoms with Gasteiger partial charge in [-0.25, -0.2) is 4.68 Å². The molecule has 0 amide bonds. The summed E-state index contributed by atoms with van der Waals surface area (Å²) >= 11 is 0. The monoisotopic (exact) mass is 576 g/mol. The van der Waals surface area contributed by atoms with E-state index in [2.05, 4.69) is 46.8 Å². The van der Waals surface area contributed by atoms with Crippen LogP contribution in [0.1, 0.15) is 28.6 Å². The lowest BCUT2D eigenvalue weighted by Gasteiger charge is -2.34. The molecule has 0 radical (unpaired) electrons. The molecule has 11 heteroatoms. The molecule has 4 aromatic rings. The SMILES string of the molecule is COc1cc(OCc2cccc(-c3ccccc3)c2C)cc(OC)c1CNCc1cn([C@@H]2OC[C@@H](O)[C@@H](O)[C@H]2O)nn1. The van der Waals surface area contributed by atoms with Crippen molar-refractivity contribution in [2.75, 3.05) is 20.8 Å². The second kappa shape index (κ2) is 13.3. The summed E-state index contributed by atoms with van der Waals surface area (Å²) in [7, 11) is 3.20. The molecule has 0 bridgehead atoms. The van der Waals surface area contributed by atoms with E-state index < -0.39 is 24.5 Å². The largest absolute Gasteiger partial charge is 0.496 e. The number of aliphatic hydroxyl groups is 3. The fourth-order valence-corrected chi connectivity index (χ4v) is 5.01. The van der Waals surface area contributed by atoms with Crippen molar-refractivity contribution in [3.63, 3.8) is 0 Å². The van der Waals surface area contributed by atoms with Crippen LogP contribution in [0.4, 0.5) is 0 Å². The number of ether oxygens (including phenoxy) is 4. The van der Waals surface area contributed by atoms with Gasteiger partial charge in [-0.15, -0.1) is 5.10 Å². The summed E-state index contributed by atoms with van der Waals surface area (Å²) in [5, 5.41) is 41.3. The van der Waals surface area contributed by atoms with Gasteiger partial charge in [-0.1, -0.05) is 53.7 Å². The summed E-state index contributed by atoms with van der Waals surface area (Å²) < 4.78 is 24.3. The predicted octanol–water partition coefficient (Wildman–Crippen LogP) is 2.75. The molecule has 3 aromatic carbocycles. The van der Waals surface area contributed by atoms with E-state index in [-0.39, 0.29) is 6.61 Å². The Labute approximate surface area is 244 Å². The molecule has 0 saturated carbocycles. The van der Waals surface area contributed by atoms with Gasteiger partial charge < -0.3 is 39.6 Å². The van der Waals surface area contributed by atoms with Crippen LogP contribution >= 0.6 is 0 Å². The van der Waals surface area contributed by atoms with Gasteiger partial charge in [0, 0.05) is 25.2 Å². The minimum absolute atomic E-state index is 0.116. The summed E-state index contributed by atoms with van der Waals surface area (Å²) in [5.41, 5.74) is 6.00. The number of aliphatic hydroxyl groups excluding tert-OH is 3. The van der Waals surface area contributed by atoms with Crippen molar-refractivity contribution in [1.29, 1.82) is 0 Å². The first-order chi connectivity index (χ1) is 20.4. The van der Waals surface area contributed by atoms with Crippen LogP contribution in [0.2, 0.25) is 0 Å². The molecule has 11 nitrogen and oxygen atoms in total. The molecule has 5 rings (SSSR count). The fraction of sp³-hybridized carbons (Fsp3) is 0.355. The van der Waals surface area contributed by atoms with E-state index in [0.29, 0.717) is 42.6 Å². The molecule has 1 saturated heterocycles. The number of methoxy groups -OCH3 is 2. The predicted molar refractivity (Wildman–Crippen MR) is 154 cm³/mol. The van der Waals surface area contributed by atoms with Crippen molar-refractivity contribution >= 4 is 0 Å². The van der Waals surface area contributed by atoms with Gasteiger partial charge in [-0.2, -0.15) is 0 Å². The van der Waals surface area contributed by atoms with E-state index in [4.69, 9.17) is 18.9 Å². The number of aromatic nitrogens is 3. The number of hydrogen-bond acceptors (Lipinski definition) is 10. The number of rotatable bonds is 11. The number of hydrogen-bond donors (Lipinski definition) is 4. The fourth-order valence-electron chi connectivity index (χ4n) is 5.01. The van der Waals surface area contributed by atoms with Crippen LogP contribution < -0.4 is 19.5 Å². The molecule has 0 unspecified atom stereocenters. The Hall–Kier alpha value is -4.00. The molecule has 1 aliphatic rings. The highest BCUT2D eigenvalue weighted by molar-refractivity contribution is 5.68. The Kier molecular flexibility index (Phi) is 9.35. The topological polar surface area (TPSA) is 140 Å². The van der Waals surface area contributed by atoms with Gasteiger partial charge in [0.25, 0.3) is 0 Å². The van der Waals surface area contributed by atoms with Crippen LogP contribution in [0.5, 0.6) is 17.2 Å². The zero-order valence-corrected chi connectivity index (χ0v) is 23.8. The van der Waals surface area contributed by atoms with Crippen LogP contribution in [0.3, 0.4) is 0 Å². The van der Waals surface area contributed by atoms with Crippen molar-refractivity contribution in [2.45, 2.75) is 51.2 Å². The summed E-state index contributed by atoms with van der Waals surface area (Å²) in [6, 6.07) is 20.2. The van der Waals surface area contributed by atoms with Gasteiger partial charge in [-0.3, -0.25) is 0 Å². The van der Waals surface area contributed by atoms with Crippen LogP contribution in [0.25, 0.3) is 11.1 Å². The van der Waals surface area contributed by atoms with Gasteiger partial charge in [0.2, 0.25) is 0 Å². The van der Waals surface area contributed by atoms with Crippen LogP contribution in [-0.4, -0.2) is 69.5 Å². The lowest BCUT2D eigenvalue weighted by atomic mass is 9.97. The lowest BCUT2D eigenvalue weighted by Crippen LogP contribution is -2.50. The molecule has 2 heterocycles. The van der Waals surface area contributed by atoms with Gasteiger partial charge in [0.05, 0.1) is 38.3 Å². The maximum atomic E-state index is 10.2. The third-order valence-corrected chi connectivity index (χ3v) is 7.41. The summed E-state index contributed by atoms with van der Waals surface area (Å²) in [6.07, 6.45) is -3.14. The average molecular weight is 577 g/mol. The first-order valence-corrected chi connectivity index (χ1v) is 13.7. The quantitative estimate of drug-likeness (QED) is 0.211. The lowest BCUT2D eigenvalue weighted by molar-refractivity contribution is -0.214. The van der Waals surface area contributed by atoms with Crippen molar-refractivity contribution in [2.24, 2.45) is 0 Å². The van der Waals surface area contributed by atoms with E-state index in [0.717, 1.165) is 16.7 Å². The highest BCUT2D eigenvalue weighted by Gasteiger charge is 2.39. The Morgan fingerprint density at radius 1 is 0.952 bits per heavy atom. The minimum Gasteiger partial charge on any atom is -0.496 e. The third kappa shape index (κ3) is 6.40. The number of nitrogens with one attached hydrogen (secondary N) is 1. The number of benzene rings is 3. The average Bonchev–Trinajstić information content (AvgIpc) is 3.48. The number of nitrogens with zero attached hydrogens (tertiary/aromatic N) is 3. The van der Waals surface area contributed by atoms with Crippen molar-refractivity contribution in [3.8, 4) is 28.4 Å². The first kappa shape index (κ1) is 29.5. The molecule has 1 aliphatic heterocycles. The molecule has 0 aliphatic carbocycles. The van der Waals surface area contributed by atoms with E-state index in [1.54, 1.807) is 20.4 Å². The van der Waals surface area contributed by atoms with Crippen molar-refractivity contribution < 1.29 is 34.3 Å². The molecule has 1 aromatic heterocycles. The Morgan fingerprint density at radius 3 is 2.40 bits per heavy atom. The maximum absolute atomic E-state index is 10.2. The van der Waals surface area contributed by atoms with Gasteiger partial charge in [0.1, 0.15) is 42.2 Å². The molecule has 4 atom stereocenters. The first-order valence-electron chi connectivity index (χ1n) is 13.7. The second-order valence-corrected chi connectivity index (χ2v) is 10.1. The molecule has 222 valence electrons.